The molecule has 102 valence electrons. The molecular formula is C15H26N2O. The predicted octanol–water partition coefficient (Wildman–Crippen LogP) is 3.71. The summed E-state index contributed by atoms with van der Waals surface area (Å²) in [6.45, 7) is 10.8. The van der Waals surface area contributed by atoms with Gasteiger partial charge in [0.05, 0.1) is 12.7 Å². The summed E-state index contributed by atoms with van der Waals surface area (Å²) < 4.78 is 5.91. The van der Waals surface area contributed by atoms with Gasteiger partial charge in [0.2, 0.25) is 5.89 Å². The minimum absolute atomic E-state index is 0.363. The summed E-state index contributed by atoms with van der Waals surface area (Å²) in [6, 6.07) is 0. The van der Waals surface area contributed by atoms with Gasteiger partial charge in [-0.2, -0.15) is 0 Å². The fourth-order valence-corrected chi connectivity index (χ4v) is 2.89. The highest BCUT2D eigenvalue weighted by atomic mass is 16.4. The van der Waals surface area contributed by atoms with E-state index in [0.717, 1.165) is 24.7 Å². The molecule has 0 bridgehead atoms. The zero-order chi connectivity index (χ0) is 13.2. The number of hydrogen-bond donors (Lipinski definition) is 1. The van der Waals surface area contributed by atoms with Crippen LogP contribution in [0, 0.1) is 11.3 Å². The number of aromatic nitrogens is 1. The standard InChI is InChI=1S/C15H26N2O/c1-11(2)8-16-10-14-17-9-13(18-14)12-6-5-7-15(12,3)4/h9,11-12,16H,5-8,10H2,1-4H3. The van der Waals surface area contributed by atoms with Crippen LogP contribution in [0.25, 0.3) is 0 Å². The van der Waals surface area contributed by atoms with Crippen LogP contribution in [0.15, 0.2) is 10.6 Å². The highest BCUT2D eigenvalue weighted by Crippen LogP contribution is 2.48. The van der Waals surface area contributed by atoms with Gasteiger partial charge in [-0.3, -0.25) is 0 Å². The molecule has 0 spiro atoms. The smallest absolute Gasteiger partial charge is 0.208 e. The van der Waals surface area contributed by atoms with Gasteiger partial charge in [-0.05, 0) is 30.7 Å². The first-order valence-electron chi connectivity index (χ1n) is 7.14. The van der Waals surface area contributed by atoms with E-state index in [-0.39, 0.29) is 0 Å². The Balaban J connectivity index is 1.94. The maximum Gasteiger partial charge on any atom is 0.208 e. The van der Waals surface area contributed by atoms with E-state index in [2.05, 4.69) is 38.0 Å². The molecule has 1 N–H and O–H groups in total. The number of rotatable bonds is 5. The van der Waals surface area contributed by atoms with Crippen LogP contribution >= 0.6 is 0 Å². The maximum absolute atomic E-state index is 5.91. The lowest BCUT2D eigenvalue weighted by molar-refractivity contribution is 0.286. The average molecular weight is 250 g/mol. The first-order valence-corrected chi connectivity index (χ1v) is 7.14. The second-order valence-corrected chi connectivity index (χ2v) is 6.61. The molecular weight excluding hydrogens is 224 g/mol. The molecule has 2 rings (SSSR count). The molecule has 1 heterocycles. The quantitative estimate of drug-likeness (QED) is 0.865. The number of nitrogens with zero attached hydrogens (tertiary/aromatic N) is 1. The minimum Gasteiger partial charge on any atom is -0.444 e. The van der Waals surface area contributed by atoms with Crippen molar-refractivity contribution in [3.8, 4) is 0 Å². The van der Waals surface area contributed by atoms with Crippen molar-refractivity contribution >= 4 is 0 Å². The number of nitrogens with one attached hydrogen (secondary N) is 1. The molecule has 1 aromatic heterocycles. The van der Waals surface area contributed by atoms with Crippen molar-refractivity contribution in [2.75, 3.05) is 6.54 Å². The molecule has 1 atom stereocenters. The molecule has 3 nitrogen and oxygen atoms in total. The maximum atomic E-state index is 5.91. The lowest BCUT2D eigenvalue weighted by Gasteiger charge is -2.24. The third kappa shape index (κ3) is 3.14. The van der Waals surface area contributed by atoms with E-state index in [1.54, 1.807) is 0 Å². The van der Waals surface area contributed by atoms with Crippen LogP contribution in [0.3, 0.4) is 0 Å². The fraction of sp³-hybridized carbons (Fsp3) is 0.800. The van der Waals surface area contributed by atoms with Crippen molar-refractivity contribution in [3.05, 3.63) is 17.8 Å². The van der Waals surface area contributed by atoms with Gasteiger partial charge in [-0.15, -0.1) is 0 Å². The van der Waals surface area contributed by atoms with Crippen molar-refractivity contribution in [1.82, 2.24) is 10.3 Å². The largest absolute Gasteiger partial charge is 0.444 e. The first kappa shape index (κ1) is 13.6. The van der Waals surface area contributed by atoms with E-state index in [1.807, 2.05) is 6.20 Å². The Kier molecular flexibility index (Phi) is 4.10. The van der Waals surface area contributed by atoms with Crippen LogP contribution in [0.1, 0.15) is 64.5 Å². The molecule has 0 radical (unpaired) electrons. The zero-order valence-corrected chi connectivity index (χ0v) is 12.1. The summed E-state index contributed by atoms with van der Waals surface area (Å²) >= 11 is 0. The van der Waals surface area contributed by atoms with Gasteiger partial charge in [0.25, 0.3) is 0 Å². The molecule has 1 aliphatic carbocycles. The molecule has 1 aromatic rings. The molecule has 1 unspecified atom stereocenters. The second-order valence-electron chi connectivity index (χ2n) is 6.61. The van der Waals surface area contributed by atoms with Crippen LogP contribution in [0.2, 0.25) is 0 Å². The lowest BCUT2D eigenvalue weighted by atomic mass is 9.81. The Labute approximate surface area is 110 Å². The van der Waals surface area contributed by atoms with Crippen LogP contribution in [-0.4, -0.2) is 11.5 Å². The van der Waals surface area contributed by atoms with Crippen molar-refractivity contribution in [1.29, 1.82) is 0 Å². The Bertz CT molecular complexity index is 382. The average Bonchev–Trinajstić information content (AvgIpc) is 2.83. The highest BCUT2D eigenvalue weighted by molar-refractivity contribution is 5.09. The van der Waals surface area contributed by atoms with E-state index in [4.69, 9.17) is 4.42 Å². The van der Waals surface area contributed by atoms with Gasteiger partial charge in [0.1, 0.15) is 5.76 Å². The Hall–Kier alpha value is -0.830. The summed E-state index contributed by atoms with van der Waals surface area (Å²) in [4.78, 5) is 4.39. The van der Waals surface area contributed by atoms with E-state index in [9.17, 15) is 0 Å². The van der Waals surface area contributed by atoms with Crippen LogP contribution in [-0.2, 0) is 6.54 Å². The van der Waals surface area contributed by atoms with E-state index in [0.29, 0.717) is 17.3 Å². The van der Waals surface area contributed by atoms with Crippen LogP contribution < -0.4 is 5.32 Å². The van der Waals surface area contributed by atoms with Crippen molar-refractivity contribution < 1.29 is 4.42 Å². The third-order valence-corrected chi connectivity index (χ3v) is 4.00. The van der Waals surface area contributed by atoms with E-state index in [1.165, 1.54) is 19.3 Å². The molecule has 1 fully saturated rings. The topological polar surface area (TPSA) is 38.1 Å². The molecule has 1 aliphatic rings. The van der Waals surface area contributed by atoms with Crippen molar-refractivity contribution in [2.45, 2.75) is 59.4 Å². The summed E-state index contributed by atoms with van der Waals surface area (Å²) in [5, 5.41) is 3.37. The van der Waals surface area contributed by atoms with Crippen LogP contribution in [0.5, 0.6) is 0 Å². The predicted molar refractivity (Wildman–Crippen MR) is 73.4 cm³/mol. The molecule has 0 saturated heterocycles. The normalized spacial score (nSPS) is 22.8. The number of oxazole rings is 1. The third-order valence-electron chi connectivity index (χ3n) is 4.00. The second kappa shape index (κ2) is 5.43. The summed E-state index contributed by atoms with van der Waals surface area (Å²) in [5.74, 6) is 3.12. The van der Waals surface area contributed by atoms with Gasteiger partial charge in [0.15, 0.2) is 0 Å². The monoisotopic (exact) mass is 250 g/mol. The SMILES string of the molecule is CC(C)CNCc1ncc(C2CCCC2(C)C)o1. The Morgan fingerprint density at radius 1 is 1.50 bits per heavy atom. The zero-order valence-electron chi connectivity index (χ0n) is 12.1. The molecule has 18 heavy (non-hydrogen) atoms. The number of hydrogen-bond acceptors (Lipinski definition) is 3. The van der Waals surface area contributed by atoms with Gasteiger partial charge in [-0.25, -0.2) is 4.98 Å². The van der Waals surface area contributed by atoms with Crippen molar-refractivity contribution in [2.24, 2.45) is 11.3 Å². The van der Waals surface area contributed by atoms with Gasteiger partial charge >= 0.3 is 0 Å². The summed E-state index contributed by atoms with van der Waals surface area (Å²) in [7, 11) is 0. The summed E-state index contributed by atoms with van der Waals surface area (Å²) in [5.41, 5.74) is 0.363. The van der Waals surface area contributed by atoms with Crippen LogP contribution in [0.4, 0.5) is 0 Å². The fourth-order valence-electron chi connectivity index (χ4n) is 2.89. The lowest BCUT2D eigenvalue weighted by Crippen LogP contribution is -2.19. The minimum atomic E-state index is 0.363. The molecule has 0 aliphatic heterocycles. The first-order chi connectivity index (χ1) is 8.49. The highest BCUT2D eigenvalue weighted by Gasteiger charge is 2.37. The van der Waals surface area contributed by atoms with Crippen molar-refractivity contribution in [3.63, 3.8) is 0 Å². The van der Waals surface area contributed by atoms with Gasteiger partial charge in [-0.1, -0.05) is 34.1 Å². The van der Waals surface area contributed by atoms with E-state index < -0.39 is 0 Å². The summed E-state index contributed by atoms with van der Waals surface area (Å²) in [6.07, 6.45) is 5.77. The van der Waals surface area contributed by atoms with Gasteiger partial charge < -0.3 is 9.73 Å². The molecule has 0 amide bonds. The van der Waals surface area contributed by atoms with E-state index >= 15 is 0 Å². The Morgan fingerprint density at radius 3 is 2.89 bits per heavy atom. The Morgan fingerprint density at radius 2 is 2.28 bits per heavy atom. The van der Waals surface area contributed by atoms with Gasteiger partial charge in [0, 0.05) is 5.92 Å². The molecule has 1 saturated carbocycles. The molecule has 3 heteroatoms. The molecule has 0 aromatic carbocycles.